The molecule has 0 aliphatic carbocycles. The average Bonchev–Trinajstić information content (AvgIpc) is 2.74. The molecule has 2 heterocycles. The molecule has 0 bridgehead atoms. The van der Waals surface area contributed by atoms with Gasteiger partial charge in [-0.2, -0.15) is 5.10 Å². The van der Waals surface area contributed by atoms with Crippen LogP contribution in [0.4, 0.5) is 11.6 Å². The summed E-state index contributed by atoms with van der Waals surface area (Å²) < 4.78 is 25.7. The number of unbranched alkanes of at least 4 members (excludes halogenated alkanes) is 1. The van der Waals surface area contributed by atoms with Crippen molar-refractivity contribution in [1.29, 1.82) is 0 Å². The van der Waals surface area contributed by atoms with E-state index in [1.165, 1.54) is 6.26 Å². The largest absolute Gasteiger partial charge is 0.383 e. The van der Waals surface area contributed by atoms with Crippen LogP contribution >= 0.6 is 0 Å². The van der Waals surface area contributed by atoms with Gasteiger partial charge in [-0.15, -0.1) is 0 Å². The quantitative estimate of drug-likeness (QED) is 0.800. The lowest BCUT2D eigenvalue weighted by Crippen LogP contribution is -2.44. The first-order valence-corrected chi connectivity index (χ1v) is 8.86. The highest BCUT2D eigenvalue weighted by atomic mass is 32.2. The minimum Gasteiger partial charge on any atom is -0.383 e. The molecule has 1 fully saturated rings. The predicted molar refractivity (Wildman–Crippen MR) is 79.7 cm³/mol. The molecule has 1 aromatic heterocycles. The number of aryl methyl sites for hydroxylation is 1. The number of rotatable bonds is 5. The highest BCUT2D eigenvalue weighted by molar-refractivity contribution is 7.91. The molecular weight excluding hydrogens is 278 g/mol. The Hall–Kier alpha value is -1.28. The van der Waals surface area contributed by atoms with E-state index < -0.39 is 9.84 Å². The van der Waals surface area contributed by atoms with Crippen molar-refractivity contribution in [3.05, 3.63) is 0 Å². The fourth-order valence-corrected chi connectivity index (χ4v) is 3.35. The van der Waals surface area contributed by atoms with E-state index in [1.54, 1.807) is 4.68 Å². The third-order valence-electron chi connectivity index (χ3n) is 3.44. The Kier molecular flexibility index (Phi) is 4.54. The minimum atomic E-state index is -3.39. The SMILES string of the molecule is CCCCn1nc(N2CCNCC2)c(S(C)(=O)=O)c1N. The van der Waals surface area contributed by atoms with Crippen LogP contribution in [0, 0.1) is 0 Å². The van der Waals surface area contributed by atoms with Crippen molar-refractivity contribution in [2.24, 2.45) is 0 Å². The van der Waals surface area contributed by atoms with Gasteiger partial charge in [-0.25, -0.2) is 13.1 Å². The summed E-state index contributed by atoms with van der Waals surface area (Å²) in [6, 6.07) is 0. The van der Waals surface area contributed by atoms with Crippen molar-refractivity contribution in [3.8, 4) is 0 Å². The molecule has 0 unspecified atom stereocenters. The second-order valence-electron chi connectivity index (χ2n) is 5.12. The zero-order valence-electron chi connectivity index (χ0n) is 12.1. The Morgan fingerprint density at radius 2 is 2.00 bits per heavy atom. The molecule has 0 atom stereocenters. The number of nitrogen functional groups attached to an aromatic ring is 1. The summed E-state index contributed by atoms with van der Waals surface area (Å²) in [7, 11) is -3.39. The van der Waals surface area contributed by atoms with Gasteiger partial charge < -0.3 is 16.0 Å². The van der Waals surface area contributed by atoms with E-state index in [0.29, 0.717) is 12.4 Å². The van der Waals surface area contributed by atoms with Gasteiger partial charge in [0.15, 0.2) is 20.6 Å². The van der Waals surface area contributed by atoms with E-state index in [0.717, 1.165) is 39.0 Å². The van der Waals surface area contributed by atoms with Crippen LogP contribution in [0.5, 0.6) is 0 Å². The predicted octanol–water partition coefficient (Wildman–Crippen LogP) is 0.0785. The monoisotopic (exact) mass is 301 g/mol. The van der Waals surface area contributed by atoms with Crippen LogP contribution in [0.2, 0.25) is 0 Å². The third kappa shape index (κ3) is 3.06. The van der Waals surface area contributed by atoms with Gasteiger partial charge in [0.2, 0.25) is 0 Å². The van der Waals surface area contributed by atoms with Crippen molar-refractivity contribution < 1.29 is 8.42 Å². The topological polar surface area (TPSA) is 93.2 Å². The van der Waals surface area contributed by atoms with E-state index in [1.807, 2.05) is 4.90 Å². The number of piperazine rings is 1. The molecular formula is C12H23N5O2S. The molecule has 20 heavy (non-hydrogen) atoms. The highest BCUT2D eigenvalue weighted by Crippen LogP contribution is 2.30. The van der Waals surface area contributed by atoms with Crippen molar-refractivity contribution in [3.63, 3.8) is 0 Å². The van der Waals surface area contributed by atoms with Crippen LogP contribution < -0.4 is 16.0 Å². The molecule has 0 saturated carbocycles. The normalized spacial score (nSPS) is 16.6. The van der Waals surface area contributed by atoms with Crippen molar-refractivity contribution in [2.75, 3.05) is 43.1 Å². The number of nitrogens with one attached hydrogen (secondary N) is 1. The van der Waals surface area contributed by atoms with Crippen molar-refractivity contribution in [1.82, 2.24) is 15.1 Å². The molecule has 0 radical (unpaired) electrons. The van der Waals surface area contributed by atoms with Crippen LogP contribution in [0.1, 0.15) is 19.8 Å². The van der Waals surface area contributed by atoms with Gasteiger partial charge in [0.1, 0.15) is 5.82 Å². The Morgan fingerprint density at radius 3 is 2.55 bits per heavy atom. The fourth-order valence-electron chi connectivity index (χ4n) is 2.36. The number of nitrogens with two attached hydrogens (primary N) is 1. The molecule has 2 rings (SSSR count). The lowest BCUT2D eigenvalue weighted by molar-refractivity contribution is 0.558. The molecule has 114 valence electrons. The van der Waals surface area contributed by atoms with Crippen LogP contribution in [0.15, 0.2) is 4.90 Å². The molecule has 1 aliphatic heterocycles. The van der Waals surface area contributed by atoms with Gasteiger partial charge >= 0.3 is 0 Å². The molecule has 1 aliphatic rings. The van der Waals surface area contributed by atoms with E-state index in [2.05, 4.69) is 17.3 Å². The molecule has 1 saturated heterocycles. The van der Waals surface area contributed by atoms with Crippen molar-refractivity contribution >= 4 is 21.5 Å². The Labute approximate surface area is 120 Å². The second-order valence-corrected chi connectivity index (χ2v) is 7.08. The summed E-state index contributed by atoms with van der Waals surface area (Å²) >= 11 is 0. The number of nitrogens with zero attached hydrogens (tertiary/aromatic N) is 3. The first-order valence-electron chi connectivity index (χ1n) is 6.97. The molecule has 3 N–H and O–H groups in total. The Bertz CT molecular complexity index is 561. The third-order valence-corrected chi connectivity index (χ3v) is 4.57. The van der Waals surface area contributed by atoms with E-state index in [4.69, 9.17) is 5.73 Å². The molecule has 7 nitrogen and oxygen atoms in total. The summed E-state index contributed by atoms with van der Waals surface area (Å²) in [6.07, 6.45) is 3.13. The van der Waals surface area contributed by atoms with Crippen LogP contribution in [-0.4, -0.2) is 50.6 Å². The fraction of sp³-hybridized carbons (Fsp3) is 0.750. The molecule has 0 amide bonds. The maximum Gasteiger partial charge on any atom is 0.182 e. The van der Waals surface area contributed by atoms with Crippen LogP contribution in [0.25, 0.3) is 0 Å². The van der Waals surface area contributed by atoms with Crippen LogP contribution in [-0.2, 0) is 16.4 Å². The summed E-state index contributed by atoms with van der Waals surface area (Å²) in [6.45, 7) is 5.86. The van der Waals surface area contributed by atoms with Gasteiger partial charge in [-0.1, -0.05) is 13.3 Å². The summed E-state index contributed by atoms with van der Waals surface area (Å²) in [5.41, 5.74) is 6.02. The molecule has 1 aromatic rings. The molecule has 0 spiro atoms. The van der Waals surface area contributed by atoms with Gasteiger partial charge in [-0.3, -0.25) is 0 Å². The Balaban J connectivity index is 2.42. The van der Waals surface area contributed by atoms with Gasteiger partial charge in [0.05, 0.1) is 0 Å². The Morgan fingerprint density at radius 1 is 1.35 bits per heavy atom. The van der Waals surface area contributed by atoms with E-state index >= 15 is 0 Å². The number of anilines is 2. The van der Waals surface area contributed by atoms with E-state index in [-0.39, 0.29) is 10.7 Å². The molecule has 8 heteroatoms. The number of sulfone groups is 1. The van der Waals surface area contributed by atoms with Gasteiger partial charge in [-0.05, 0) is 6.42 Å². The number of aromatic nitrogens is 2. The van der Waals surface area contributed by atoms with Gasteiger partial charge in [0, 0.05) is 39.0 Å². The van der Waals surface area contributed by atoms with Crippen molar-refractivity contribution in [2.45, 2.75) is 31.2 Å². The highest BCUT2D eigenvalue weighted by Gasteiger charge is 2.28. The van der Waals surface area contributed by atoms with E-state index in [9.17, 15) is 8.42 Å². The number of hydrogen-bond acceptors (Lipinski definition) is 6. The lowest BCUT2D eigenvalue weighted by Gasteiger charge is -2.27. The molecule has 0 aromatic carbocycles. The number of hydrogen-bond donors (Lipinski definition) is 2. The summed E-state index contributed by atoms with van der Waals surface area (Å²) in [5, 5.41) is 7.69. The first kappa shape index (κ1) is 15.1. The second kappa shape index (κ2) is 6.01. The smallest absolute Gasteiger partial charge is 0.182 e. The zero-order valence-corrected chi connectivity index (χ0v) is 12.9. The maximum absolute atomic E-state index is 12.0. The maximum atomic E-state index is 12.0. The van der Waals surface area contributed by atoms with Crippen LogP contribution in [0.3, 0.4) is 0 Å². The van der Waals surface area contributed by atoms with Gasteiger partial charge in [0.25, 0.3) is 0 Å². The first-order chi connectivity index (χ1) is 9.45. The lowest BCUT2D eigenvalue weighted by atomic mass is 10.3. The minimum absolute atomic E-state index is 0.176. The standard InChI is InChI=1S/C12H23N5O2S/c1-3-4-7-17-11(13)10(20(2,18)19)12(15-17)16-8-5-14-6-9-16/h14H,3-9,13H2,1-2H3. The average molecular weight is 301 g/mol. The zero-order chi connectivity index (χ0) is 14.8. The summed E-state index contributed by atoms with van der Waals surface area (Å²) in [5.74, 6) is 0.761. The summed E-state index contributed by atoms with van der Waals surface area (Å²) in [4.78, 5) is 2.17.